The molecule has 318 valence electrons. The van der Waals surface area contributed by atoms with Gasteiger partial charge in [-0.15, -0.1) is 0 Å². The third-order valence-corrected chi connectivity index (χ3v) is 14.1. The van der Waals surface area contributed by atoms with E-state index in [2.05, 4.69) is 27.0 Å². The summed E-state index contributed by atoms with van der Waals surface area (Å²) in [6.07, 6.45) is 4.32. The topological polar surface area (TPSA) is 116 Å². The van der Waals surface area contributed by atoms with Crippen LogP contribution in [0.15, 0.2) is 66.9 Å². The average molecular weight is 880 g/mol. The van der Waals surface area contributed by atoms with Crippen LogP contribution >= 0.6 is 23.2 Å². The highest BCUT2D eigenvalue weighted by Gasteiger charge is 2.51. The summed E-state index contributed by atoms with van der Waals surface area (Å²) in [5, 5.41) is 25.9. The Morgan fingerprint density at radius 1 is 1.05 bits per heavy atom. The highest BCUT2D eigenvalue weighted by atomic mass is 35.5. The number of fused-ring (bicyclic) bond motifs is 4. The number of amides is 1. The Bertz CT molecular complexity index is 2800. The molecule has 3 aromatic heterocycles. The van der Waals surface area contributed by atoms with Crippen molar-refractivity contribution in [2.45, 2.75) is 88.8 Å². The van der Waals surface area contributed by atoms with E-state index in [1.807, 2.05) is 17.0 Å². The lowest BCUT2D eigenvalue weighted by Gasteiger charge is -2.39. The second-order valence-electron chi connectivity index (χ2n) is 17.7. The molecule has 14 heteroatoms. The van der Waals surface area contributed by atoms with Crippen LogP contribution in [0.5, 0.6) is 0 Å². The quantitative estimate of drug-likeness (QED) is 0.133. The summed E-state index contributed by atoms with van der Waals surface area (Å²) >= 11 is 13.3. The van der Waals surface area contributed by atoms with E-state index in [4.69, 9.17) is 32.9 Å². The molecule has 0 radical (unpaired) electrons. The largest absolute Gasteiger partial charge is 0.384 e. The summed E-state index contributed by atoms with van der Waals surface area (Å²) in [5.41, 5.74) is 2.90. The Hall–Kier alpha value is -5.03. The zero-order chi connectivity index (χ0) is 43.2. The third kappa shape index (κ3) is 6.93. The van der Waals surface area contributed by atoms with E-state index in [9.17, 15) is 23.9 Å². The number of benzene rings is 3. The number of hydrogen-bond acceptors (Lipinski definition) is 7. The molecule has 62 heavy (non-hydrogen) atoms. The summed E-state index contributed by atoms with van der Waals surface area (Å²) in [6.45, 7) is 4.03. The number of nitriles is 1. The summed E-state index contributed by atoms with van der Waals surface area (Å²) in [4.78, 5) is 25.9. The Kier molecular flexibility index (Phi) is 10.3. The number of aryl methyl sites for hydroxylation is 1. The smallest absolute Gasteiger partial charge is 0.226 e. The minimum Gasteiger partial charge on any atom is -0.384 e. The molecule has 0 unspecified atom stereocenters. The van der Waals surface area contributed by atoms with Gasteiger partial charge in [0.2, 0.25) is 5.91 Å². The highest BCUT2D eigenvalue weighted by molar-refractivity contribution is 6.43. The monoisotopic (exact) mass is 878 g/mol. The van der Waals surface area contributed by atoms with Gasteiger partial charge in [0.15, 0.2) is 5.82 Å². The van der Waals surface area contributed by atoms with Crippen molar-refractivity contribution in [1.29, 1.82) is 5.26 Å². The van der Waals surface area contributed by atoms with E-state index in [0.29, 0.717) is 45.3 Å². The standard InChI is InChI=1S/C48H43Cl2F3N6O3/c1-48(2,61)39-14-13-26(20-56-39)43-31-19-38(37-18-28(22-58(37)47(60)24-11-12-24)62-23-32-34(51)9-4-10-35(32)52)59(45-27-17-36(45)55-21-27)46(31)30-16-25(6-5-15-54)40(42(53)44(30)57-43)29-7-3-8-33(49)41(29)50/h3-4,7-10,13-14,16,19-20,24,27-28,36-37,45,55,61H,5-6,11-12,17-18,21-23H2,1-2H3/t27-,28+,36-,37-,45+/m1/s1. The predicted octanol–water partition coefficient (Wildman–Crippen LogP) is 10.1. The van der Waals surface area contributed by atoms with Crippen molar-refractivity contribution in [3.63, 3.8) is 0 Å². The lowest BCUT2D eigenvalue weighted by molar-refractivity contribution is -0.134. The molecule has 0 spiro atoms. The molecule has 3 aromatic carbocycles. The Balaban J connectivity index is 1.23. The molecule has 5 fully saturated rings. The number of ether oxygens (including phenoxy) is 1. The van der Waals surface area contributed by atoms with Gasteiger partial charge in [0.25, 0.3) is 0 Å². The third-order valence-electron chi connectivity index (χ3n) is 13.2. The van der Waals surface area contributed by atoms with E-state index in [0.717, 1.165) is 37.0 Å². The molecular weight excluding hydrogens is 836 g/mol. The number of carbonyl (C=O) groups is 1. The van der Waals surface area contributed by atoms with Crippen LogP contribution in [0.1, 0.15) is 80.6 Å². The highest BCUT2D eigenvalue weighted by Crippen LogP contribution is 2.52. The molecule has 5 atom stereocenters. The zero-order valence-electron chi connectivity index (χ0n) is 34.1. The van der Waals surface area contributed by atoms with Crippen molar-refractivity contribution in [1.82, 2.24) is 24.8 Å². The van der Waals surface area contributed by atoms with Gasteiger partial charge in [0, 0.05) is 82.8 Å². The first kappa shape index (κ1) is 41.0. The maximum absolute atomic E-state index is 17.9. The summed E-state index contributed by atoms with van der Waals surface area (Å²) in [7, 11) is 0. The van der Waals surface area contributed by atoms with E-state index < -0.39 is 35.2 Å². The second-order valence-corrected chi connectivity index (χ2v) is 18.5. The molecular formula is C48H43Cl2F3N6O3. The Morgan fingerprint density at radius 3 is 2.48 bits per heavy atom. The number of likely N-dealkylation sites (tertiary alicyclic amines) is 1. The number of aromatic nitrogens is 3. The SMILES string of the molecule is CC(C)(O)c1ccc(-c2nc3c(F)c(-c4cccc(Cl)c4Cl)c(CCC#N)cc3c3c2cc([C@H]2C[C@H](OCc4c(F)cccc4F)CN2C(=O)C2CC2)n3[C@H]2[C@H]3CN[C@@H]2C3)cn1. The lowest BCUT2D eigenvalue weighted by Crippen LogP contribution is -2.41. The number of carbonyl (C=O) groups excluding carboxylic acids is 1. The fourth-order valence-electron chi connectivity index (χ4n) is 9.94. The van der Waals surface area contributed by atoms with Gasteiger partial charge in [-0.25, -0.2) is 18.2 Å². The molecule has 2 bridgehead atoms. The van der Waals surface area contributed by atoms with Gasteiger partial charge in [0.05, 0.1) is 57.8 Å². The molecule has 9 nitrogen and oxygen atoms in total. The normalized spacial score (nSPS) is 22.1. The van der Waals surface area contributed by atoms with Gasteiger partial charge in [-0.2, -0.15) is 5.26 Å². The molecule has 11 rings (SSSR count). The van der Waals surface area contributed by atoms with E-state index >= 15 is 4.39 Å². The van der Waals surface area contributed by atoms with Crippen LogP contribution in [0.25, 0.3) is 44.2 Å². The molecule has 3 saturated heterocycles. The number of nitrogens with one attached hydrogen (secondary N) is 1. The summed E-state index contributed by atoms with van der Waals surface area (Å²) < 4.78 is 55.9. The van der Waals surface area contributed by atoms with Crippen molar-refractivity contribution in [3.8, 4) is 28.5 Å². The fraction of sp³-hybridized carbons (Fsp3) is 0.375. The van der Waals surface area contributed by atoms with Crippen molar-refractivity contribution in [2.24, 2.45) is 11.8 Å². The average Bonchev–Trinajstić information content (AvgIpc) is 3.52. The molecule has 6 heterocycles. The van der Waals surface area contributed by atoms with Gasteiger partial charge in [-0.05, 0) is 93.5 Å². The zero-order valence-corrected chi connectivity index (χ0v) is 35.6. The van der Waals surface area contributed by atoms with Crippen molar-refractivity contribution >= 4 is 50.9 Å². The first-order valence-electron chi connectivity index (χ1n) is 21.1. The summed E-state index contributed by atoms with van der Waals surface area (Å²) in [5.74, 6) is -1.87. The Labute approximate surface area is 366 Å². The Morgan fingerprint density at radius 2 is 1.82 bits per heavy atom. The number of nitrogens with zero attached hydrogens (tertiary/aromatic N) is 5. The van der Waals surface area contributed by atoms with Crippen LogP contribution in [0, 0.1) is 40.6 Å². The number of pyridine rings is 2. The van der Waals surface area contributed by atoms with E-state index in [1.165, 1.54) is 18.2 Å². The number of hydrogen-bond donors (Lipinski definition) is 2. The minimum atomic E-state index is -1.22. The van der Waals surface area contributed by atoms with E-state index in [1.54, 1.807) is 44.3 Å². The number of aliphatic hydroxyl groups is 1. The van der Waals surface area contributed by atoms with Gasteiger partial charge < -0.3 is 24.6 Å². The molecule has 6 aromatic rings. The van der Waals surface area contributed by atoms with Crippen LogP contribution in [0.4, 0.5) is 13.2 Å². The molecule has 2 aliphatic carbocycles. The number of halogens is 5. The molecule has 5 aliphatic rings. The van der Waals surface area contributed by atoms with Crippen molar-refractivity contribution < 1.29 is 27.8 Å². The fourth-order valence-corrected chi connectivity index (χ4v) is 10.3. The van der Waals surface area contributed by atoms with Gasteiger partial charge in [-0.1, -0.05) is 41.4 Å². The predicted molar refractivity (Wildman–Crippen MR) is 231 cm³/mol. The minimum absolute atomic E-state index is 0.00664. The molecule has 1 amide bonds. The maximum Gasteiger partial charge on any atom is 0.226 e. The van der Waals surface area contributed by atoms with Gasteiger partial charge in [-0.3, -0.25) is 9.78 Å². The van der Waals surface area contributed by atoms with Crippen molar-refractivity contribution in [3.05, 3.63) is 117 Å². The van der Waals surface area contributed by atoms with Crippen LogP contribution < -0.4 is 5.32 Å². The van der Waals surface area contributed by atoms with Crippen LogP contribution in [-0.4, -0.2) is 55.7 Å². The number of rotatable bonds is 11. The molecule has 2 saturated carbocycles. The summed E-state index contributed by atoms with van der Waals surface area (Å²) in [6, 6.07) is 18.1. The van der Waals surface area contributed by atoms with Crippen LogP contribution in [0.3, 0.4) is 0 Å². The van der Waals surface area contributed by atoms with Crippen LogP contribution in [0.2, 0.25) is 10.0 Å². The lowest BCUT2D eigenvalue weighted by atomic mass is 9.79. The second kappa shape index (κ2) is 15.6. The maximum atomic E-state index is 17.9. The van der Waals surface area contributed by atoms with Crippen molar-refractivity contribution in [2.75, 3.05) is 13.1 Å². The van der Waals surface area contributed by atoms with Gasteiger partial charge in [0.1, 0.15) is 22.8 Å². The van der Waals surface area contributed by atoms with Gasteiger partial charge >= 0.3 is 0 Å². The molecule has 3 aliphatic heterocycles. The van der Waals surface area contributed by atoms with Crippen LogP contribution in [-0.2, 0) is 28.2 Å². The molecule has 2 N–H and O–H groups in total. The first-order valence-corrected chi connectivity index (χ1v) is 21.9. The first-order chi connectivity index (χ1) is 29.8. The van der Waals surface area contributed by atoms with E-state index in [-0.39, 0.29) is 82.5 Å².